The fourth-order valence-electron chi connectivity index (χ4n) is 7.12. The molecule has 16 heteroatoms. The Morgan fingerprint density at radius 3 is 2.47 bits per heavy atom. The van der Waals surface area contributed by atoms with Crippen molar-refractivity contribution in [3.05, 3.63) is 77.1 Å². The van der Waals surface area contributed by atoms with Crippen LogP contribution in [0.4, 0.5) is 31.5 Å². The van der Waals surface area contributed by atoms with E-state index >= 15 is 0 Å². The van der Waals surface area contributed by atoms with Crippen molar-refractivity contribution >= 4 is 46.4 Å². The van der Waals surface area contributed by atoms with E-state index in [1.807, 2.05) is 32.2 Å². The number of imide groups is 1. The monoisotopic (exact) mass is 754 g/mol. The van der Waals surface area contributed by atoms with Crippen molar-refractivity contribution in [3.8, 4) is 17.1 Å². The Morgan fingerprint density at radius 1 is 0.945 bits per heavy atom. The number of piperidine rings is 1. The highest BCUT2D eigenvalue weighted by atomic mass is 19.1. The topological polar surface area (TPSA) is 167 Å². The van der Waals surface area contributed by atoms with Crippen molar-refractivity contribution in [1.82, 2.24) is 25.4 Å². The summed E-state index contributed by atoms with van der Waals surface area (Å²) in [5, 5.41) is 19.6. The number of carbonyl (C=O) groups excluding carboxylic acids is 3. The molecule has 2 bridgehead atoms. The molecule has 0 radical (unpaired) electrons. The number of hydrogen-bond donors (Lipinski definition) is 5. The third kappa shape index (κ3) is 8.43. The van der Waals surface area contributed by atoms with Crippen LogP contribution in [-0.2, 0) is 16.6 Å². The van der Waals surface area contributed by atoms with Gasteiger partial charge < -0.3 is 30.9 Å². The normalized spacial score (nSPS) is 19.4. The Bertz CT molecular complexity index is 2130. The molecule has 0 unspecified atom stereocenters. The molecule has 1 saturated heterocycles. The summed E-state index contributed by atoms with van der Waals surface area (Å²) in [4.78, 5) is 48.5. The number of fused-ring (bicyclic) bond motifs is 7. The van der Waals surface area contributed by atoms with Gasteiger partial charge in [-0.05, 0) is 74.6 Å². The first kappa shape index (κ1) is 37.4. The van der Waals surface area contributed by atoms with Gasteiger partial charge in [-0.15, -0.1) is 0 Å². The lowest BCUT2D eigenvalue weighted by Crippen LogP contribution is -2.40. The minimum Gasteiger partial charge on any atom is -0.477 e. The van der Waals surface area contributed by atoms with Crippen LogP contribution in [0, 0.1) is 24.5 Å². The Hall–Kier alpha value is -5.90. The number of anilines is 4. The summed E-state index contributed by atoms with van der Waals surface area (Å²) >= 11 is 0. The molecule has 14 nitrogen and oxygen atoms in total. The van der Waals surface area contributed by atoms with Crippen LogP contribution in [0.25, 0.3) is 11.3 Å². The van der Waals surface area contributed by atoms with Crippen LogP contribution < -0.4 is 36.2 Å². The van der Waals surface area contributed by atoms with Gasteiger partial charge in [-0.25, -0.2) is 13.5 Å². The first-order valence-electron chi connectivity index (χ1n) is 18.5. The largest absolute Gasteiger partial charge is 0.477 e. The number of aryl methyl sites for hydroxylation is 2. The molecule has 288 valence electrons. The van der Waals surface area contributed by atoms with E-state index in [4.69, 9.17) is 4.74 Å². The van der Waals surface area contributed by atoms with Gasteiger partial charge in [0.25, 0.3) is 5.91 Å². The second-order valence-electron chi connectivity index (χ2n) is 14.1. The van der Waals surface area contributed by atoms with Gasteiger partial charge in [-0.2, -0.15) is 10.1 Å². The fourth-order valence-corrected chi connectivity index (χ4v) is 7.12. The lowest BCUT2D eigenvalue weighted by molar-refractivity contribution is -0.134. The first-order chi connectivity index (χ1) is 26.5. The second-order valence-corrected chi connectivity index (χ2v) is 14.1. The summed E-state index contributed by atoms with van der Waals surface area (Å²) in [7, 11) is 1.82. The number of pyridine rings is 1. The van der Waals surface area contributed by atoms with E-state index in [1.54, 1.807) is 23.0 Å². The predicted octanol–water partition coefficient (Wildman–Crippen LogP) is 4.94. The highest BCUT2D eigenvalue weighted by Gasteiger charge is 2.33. The molecule has 55 heavy (non-hydrogen) atoms. The number of nitrogens with one attached hydrogen (secondary N) is 5. The maximum atomic E-state index is 14.8. The molecule has 4 aromatic rings. The number of aliphatic imine (C=N–C) groups is 1. The third-order valence-electron chi connectivity index (χ3n) is 9.86. The van der Waals surface area contributed by atoms with Gasteiger partial charge in [0.15, 0.2) is 0 Å². The van der Waals surface area contributed by atoms with Gasteiger partial charge in [0.1, 0.15) is 11.6 Å². The number of guanidine groups is 1. The highest BCUT2D eigenvalue weighted by molar-refractivity contribution is 6.19. The van der Waals surface area contributed by atoms with E-state index < -0.39 is 29.4 Å². The standard InChI is InChI=1S/C39H44F2N10O4/c1-22-5-4-14-55-38-28(20-45-50(38)3)32-16-24(15-23(2)46-32)36(53)49-39-47-31-8-6-25(19-33(31)51(39)21-22)43-12-10-42-11-13-44-26-17-29(40)35(30(41)18-26)27-7-9-34(52)48-37(27)54/h6,8,15-20,22,27,42-44H,4-5,7,9-14,21H2,1-3H3,(H,47,49,53)(H,48,52,54)/t22-,27-/m1/s1. The summed E-state index contributed by atoms with van der Waals surface area (Å²) in [6.45, 7) is 7.32. The summed E-state index contributed by atoms with van der Waals surface area (Å²) < 4.78 is 37.6. The van der Waals surface area contributed by atoms with Crippen LogP contribution in [0.3, 0.4) is 0 Å². The predicted molar refractivity (Wildman–Crippen MR) is 206 cm³/mol. The maximum Gasteiger partial charge on any atom is 0.280 e. The van der Waals surface area contributed by atoms with Crippen LogP contribution in [0.5, 0.6) is 5.88 Å². The van der Waals surface area contributed by atoms with Crippen molar-refractivity contribution in [3.63, 3.8) is 0 Å². The Labute approximate surface area is 317 Å². The van der Waals surface area contributed by atoms with Crippen molar-refractivity contribution in [2.75, 3.05) is 60.2 Å². The molecule has 5 N–H and O–H groups in total. The molecular formula is C39H44F2N10O4. The van der Waals surface area contributed by atoms with Gasteiger partial charge in [-0.1, -0.05) is 6.92 Å². The zero-order valence-corrected chi connectivity index (χ0v) is 31.0. The molecule has 0 spiro atoms. The molecule has 1 fully saturated rings. The SMILES string of the molecule is Cc1cc2cc(n1)-c1cnn(C)c1OCCC[C@@H](C)CN1/C(=N/C2=O)Nc2ccc(NCCNCCNc3cc(F)c([C@H]4CCC(=O)NC4=O)c(F)c3)cc21. The number of rotatable bonds is 9. The van der Waals surface area contributed by atoms with Crippen molar-refractivity contribution in [1.29, 1.82) is 0 Å². The molecular weight excluding hydrogens is 710 g/mol. The molecule has 0 saturated carbocycles. The molecule has 2 aromatic carbocycles. The van der Waals surface area contributed by atoms with E-state index in [-0.39, 0.29) is 35.9 Å². The van der Waals surface area contributed by atoms with Crippen molar-refractivity contribution < 1.29 is 27.9 Å². The van der Waals surface area contributed by atoms with Crippen LogP contribution >= 0.6 is 0 Å². The molecule has 0 aliphatic carbocycles. The van der Waals surface area contributed by atoms with Crippen molar-refractivity contribution in [2.24, 2.45) is 18.0 Å². The number of nitrogens with zero attached hydrogens (tertiary/aromatic N) is 5. The number of aromatic nitrogens is 3. The Balaban J connectivity index is 0.961. The smallest absolute Gasteiger partial charge is 0.280 e. The lowest BCUT2D eigenvalue weighted by atomic mass is 9.89. The summed E-state index contributed by atoms with van der Waals surface area (Å²) in [6, 6.07) is 11.8. The first-order valence-corrected chi connectivity index (χ1v) is 18.5. The Kier molecular flexibility index (Phi) is 11.0. The number of ether oxygens (including phenoxy) is 1. The highest BCUT2D eigenvalue weighted by Crippen LogP contribution is 2.37. The number of carbonyl (C=O) groups is 3. The van der Waals surface area contributed by atoms with Gasteiger partial charge >= 0.3 is 0 Å². The minimum atomic E-state index is -1.04. The van der Waals surface area contributed by atoms with Crippen molar-refractivity contribution in [2.45, 2.75) is 45.4 Å². The van der Waals surface area contributed by atoms with E-state index in [2.05, 4.69) is 53.5 Å². The summed E-state index contributed by atoms with van der Waals surface area (Å²) in [5.74, 6) is -2.88. The average molecular weight is 755 g/mol. The number of halogens is 2. The number of amides is 3. The number of benzene rings is 2. The quantitative estimate of drug-likeness (QED) is 0.116. The lowest BCUT2D eigenvalue weighted by Gasteiger charge is -2.23. The molecule has 2 atom stereocenters. The van der Waals surface area contributed by atoms with E-state index in [9.17, 15) is 23.2 Å². The van der Waals surface area contributed by atoms with Crippen LogP contribution in [-0.4, -0.2) is 77.8 Å². The molecule has 2 aromatic heterocycles. The fraction of sp³-hybridized carbons (Fsp3) is 0.385. The summed E-state index contributed by atoms with van der Waals surface area (Å²) in [6.07, 6.45) is 3.52. The second kappa shape index (κ2) is 16.2. The zero-order chi connectivity index (χ0) is 38.6. The van der Waals surface area contributed by atoms with Gasteiger partial charge in [0.05, 0.1) is 41.4 Å². The minimum absolute atomic E-state index is 0.0365. The molecule has 3 aliphatic rings. The van der Waals surface area contributed by atoms with Gasteiger partial charge in [0, 0.05) is 74.4 Å². The van der Waals surface area contributed by atoms with Crippen LogP contribution in [0.15, 0.2) is 53.7 Å². The molecule has 5 heterocycles. The summed E-state index contributed by atoms with van der Waals surface area (Å²) in [5.41, 5.74) is 5.01. The third-order valence-corrected chi connectivity index (χ3v) is 9.86. The average Bonchev–Trinajstić information content (AvgIpc) is 3.68. The molecule has 3 amide bonds. The van der Waals surface area contributed by atoms with E-state index in [0.717, 1.165) is 35.5 Å². The maximum absolute atomic E-state index is 14.8. The van der Waals surface area contributed by atoms with Crippen LogP contribution in [0.2, 0.25) is 0 Å². The molecule has 3 aliphatic heterocycles. The van der Waals surface area contributed by atoms with E-state index in [1.165, 1.54) is 12.1 Å². The molecule has 7 rings (SSSR count). The number of hydrogen-bond acceptors (Lipinski definition) is 11. The zero-order valence-electron chi connectivity index (χ0n) is 31.0. The van der Waals surface area contributed by atoms with Gasteiger partial charge in [0.2, 0.25) is 23.7 Å². The van der Waals surface area contributed by atoms with Gasteiger partial charge in [-0.3, -0.25) is 24.7 Å². The van der Waals surface area contributed by atoms with E-state index in [0.29, 0.717) is 68.1 Å². The van der Waals surface area contributed by atoms with Crippen LogP contribution in [0.1, 0.15) is 60.1 Å². The Morgan fingerprint density at radius 2 is 1.71 bits per heavy atom.